The highest BCUT2D eigenvalue weighted by Gasteiger charge is 2.01. The second-order valence-electron chi connectivity index (χ2n) is 3.95. The van der Waals surface area contributed by atoms with Gasteiger partial charge in [-0.1, -0.05) is 29.3 Å². The van der Waals surface area contributed by atoms with E-state index in [2.05, 4.69) is 32.0 Å². The number of hydrogen-bond donors (Lipinski definition) is 2. The number of aliphatic hydroxyl groups excluding tert-OH is 1. The van der Waals surface area contributed by atoms with Gasteiger partial charge in [0.1, 0.15) is 0 Å². The predicted molar refractivity (Wildman–Crippen MR) is 67.1 cm³/mol. The van der Waals surface area contributed by atoms with Crippen molar-refractivity contribution in [2.75, 3.05) is 12.4 Å². The van der Waals surface area contributed by atoms with Crippen molar-refractivity contribution in [1.82, 2.24) is 0 Å². The summed E-state index contributed by atoms with van der Waals surface area (Å²) in [6.07, 6.45) is 0. The standard InChI is InChI=1S/C12H19NOS/c1-9-3-10(2)5-11(4-9)7-15-8-12(13)6-14/h3-5,12,14H,6-8,13H2,1-2H3. The molecule has 0 heterocycles. The number of rotatable bonds is 5. The van der Waals surface area contributed by atoms with Crippen LogP contribution in [0.4, 0.5) is 0 Å². The Balaban J connectivity index is 2.43. The third kappa shape index (κ3) is 4.69. The summed E-state index contributed by atoms with van der Waals surface area (Å²) < 4.78 is 0. The van der Waals surface area contributed by atoms with Crippen LogP contribution in [0.5, 0.6) is 0 Å². The fraction of sp³-hybridized carbons (Fsp3) is 0.500. The topological polar surface area (TPSA) is 46.2 Å². The summed E-state index contributed by atoms with van der Waals surface area (Å²) in [5.41, 5.74) is 9.57. The van der Waals surface area contributed by atoms with Gasteiger partial charge in [0.25, 0.3) is 0 Å². The Labute approximate surface area is 95.9 Å². The SMILES string of the molecule is Cc1cc(C)cc(CSCC(N)CO)c1. The van der Waals surface area contributed by atoms with Crippen molar-refractivity contribution in [3.05, 3.63) is 34.9 Å². The Morgan fingerprint density at radius 3 is 2.40 bits per heavy atom. The number of nitrogens with two attached hydrogens (primary N) is 1. The molecule has 2 nitrogen and oxygen atoms in total. The van der Waals surface area contributed by atoms with Gasteiger partial charge in [-0.05, 0) is 19.4 Å². The number of aryl methyl sites for hydroxylation is 2. The van der Waals surface area contributed by atoms with Crippen molar-refractivity contribution in [2.45, 2.75) is 25.6 Å². The van der Waals surface area contributed by atoms with E-state index in [0.717, 1.165) is 11.5 Å². The molecule has 0 aliphatic heterocycles. The molecule has 1 aromatic carbocycles. The highest BCUT2D eigenvalue weighted by atomic mass is 32.2. The summed E-state index contributed by atoms with van der Waals surface area (Å²) in [6.45, 7) is 4.29. The van der Waals surface area contributed by atoms with Crippen LogP contribution in [0.2, 0.25) is 0 Å². The second-order valence-corrected chi connectivity index (χ2v) is 4.98. The molecule has 0 saturated carbocycles. The molecule has 3 N–H and O–H groups in total. The van der Waals surface area contributed by atoms with E-state index in [-0.39, 0.29) is 12.6 Å². The maximum atomic E-state index is 8.78. The van der Waals surface area contributed by atoms with Crippen LogP contribution in [-0.4, -0.2) is 23.5 Å². The lowest BCUT2D eigenvalue weighted by Gasteiger charge is -2.08. The molecule has 0 spiro atoms. The van der Waals surface area contributed by atoms with Gasteiger partial charge in [-0.25, -0.2) is 0 Å². The molecule has 0 aliphatic rings. The average molecular weight is 225 g/mol. The lowest BCUT2D eigenvalue weighted by Crippen LogP contribution is -2.26. The largest absolute Gasteiger partial charge is 0.395 e. The van der Waals surface area contributed by atoms with Crippen LogP contribution >= 0.6 is 11.8 Å². The van der Waals surface area contributed by atoms with Crippen LogP contribution in [0, 0.1) is 13.8 Å². The van der Waals surface area contributed by atoms with Crippen molar-refractivity contribution in [3.8, 4) is 0 Å². The van der Waals surface area contributed by atoms with Crippen LogP contribution in [0.1, 0.15) is 16.7 Å². The zero-order chi connectivity index (χ0) is 11.3. The summed E-state index contributed by atoms with van der Waals surface area (Å²) in [6, 6.07) is 6.48. The van der Waals surface area contributed by atoms with E-state index in [0.29, 0.717) is 0 Å². The van der Waals surface area contributed by atoms with Gasteiger partial charge in [0.05, 0.1) is 6.61 Å². The Morgan fingerprint density at radius 1 is 1.27 bits per heavy atom. The van der Waals surface area contributed by atoms with Crippen molar-refractivity contribution in [3.63, 3.8) is 0 Å². The Bertz CT molecular complexity index is 294. The summed E-state index contributed by atoms with van der Waals surface area (Å²) in [5.74, 6) is 1.78. The van der Waals surface area contributed by atoms with E-state index in [4.69, 9.17) is 10.8 Å². The summed E-state index contributed by atoms with van der Waals surface area (Å²) >= 11 is 1.77. The molecular formula is C12H19NOS. The van der Waals surface area contributed by atoms with E-state index >= 15 is 0 Å². The number of hydrogen-bond acceptors (Lipinski definition) is 3. The molecule has 1 rings (SSSR count). The Kier molecular flexibility index (Phi) is 5.15. The van der Waals surface area contributed by atoms with Crippen LogP contribution in [-0.2, 0) is 5.75 Å². The fourth-order valence-electron chi connectivity index (χ4n) is 1.53. The molecule has 84 valence electrons. The van der Waals surface area contributed by atoms with Crippen molar-refractivity contribution in [2.24, 2.45) is 5.73 Å². The van der Waals surface area contributed by atoms with Gasteiger partial charge in [0.15, 0.2) is 0 Å². The molecule has 0 bridgehead atoms. The molecule has 1 aromatic rings. The molecule has 0 aromatic heterocycles. The highest BCUT2D eigenvalue weighted by Crippen LogP contribution is 2.16. The Morgan fingerprint density at radius 2 is 1.87 bits per heavy atom. The zero-order valence-electron chi connectivity index (χ0n) is 9.36. The van der Waals surface area contributed by atoms with E-state index in [1.54, 1.807) is 11.8 Å². The molecule has 0 amide bonds. The summed E-state index contributed by atoms with van der Waals surface area (Å²) in [7, 11) is 0. The van der Waals surface area contributed by atoms with Gasteiger partial charge >= 0.3 is 0 Å². The summed E-state index contributed by atoms with van der Waals surface area (Å²) in [4.78, 5) is 0. The molecular weight excluding hydrogens is 206 g/mol. The highest BCUT2D eigenvalue weighted by molar-refractivity contribution is 7.98. The van der Waals surface area contributed by atoms with Crippen LogP contribution in [0.15, 0.2) is 18.2 Å². The molecule has 0 saturated heterocycles. The molecule has 0 aliphatic carbocycles. The van der Waals surface area contributed by atoms with E-state index in [1.807, 2.05) is 0 Å². The molecule has 3 heteroatoms. The van der Waals surface area contributed by atoms with E-state index in [1.165, 1.54) is 16.7 Å². The molecule has 1 atom stereocenters. The third-order valence-electron chi connectivity index (χ3n) is 2.12. The van der Waals surface area contributed by atoms with Crippen LogP contribution in [0.25, 0.3) is 0 Å². The van der Waals surface area contributed by atoms with Gasteiger partial charge in [0.2, 0.25) is 0 Å². The third-order valence-corrected chi connectivity index (χ3v) is 3.32. The molecule has 0 fully saturated rings. The average Bonchev–Trinajstić information content (AvgIpc) is 2.16. The monoisotopic (exact) mass is 225 g/mol. The van der Waals surface area contributed by atoms with E-state index < -0.39 is 0 Å². The van der Waals surface area contributed by atoms with Crippen molar-refractivity contribution >= 4 is 11.8 Å². The first-order chi connectivity index (χ1) is 7.11. The van der Waals surface area contributed by atoms with Crippen molar-refractivity contribution < 1.29 is 5.11 Å². The van der Waals surface area contributed by atoms with Gasteiger partial charge in [-0.15, -0.1) is 0 Å². The number of aliphatic hydroxyl groups is 1. The first kappa shape index (κ1) is 12.6. The molecule has 1 unspecified atom stereocenters. The predicted octanol–water partition coefficient (Wildman–Crippen LogP) is 1.86. The lowest BCUT2D eigenvalue weighted by atomic mass is 10.1. The van der Waals surface area contributed by atoms with Crippen LogP contribution in [0.3, 0.4) is 0 Å². The maximum absolute atomic E-state index is 8.78. The Hall–Kier alpha value is -0.510. The van der Waals surface area contributed by atoms with Gasteiger partial charge in [0, 0.05) is 17.5 Å². The minimum absolute atomic E-state index is 0.0693. The molecule has 15 heavy (non-hydrogen) atoms. The quantitative estimate of drug-likeness (QED) is 0.804. The minimum atomic E-state index is -0.0964. The number of thioether (sulfide) groups is 1. The first-order valence-electron chi connectivity index (χ1n) is 5.13. The fourth-order valence-corrected chi connectivity index (χ4v) is 2.46. The first-order valence-corrected chi connectivity index (χ1v) is 6.28. The van der Waals surface area contributed by atoms with Crippen LogP contribution < -0.4 is 5.73 Å². The van der Waals surface area contributed by atoms with Gasteiger partial charge in [-0.2, -0.15) is 11.8 Å². The lowest BCUT2D eigenvalue weighted by molar-refractivity contribution is 0.275. The van der Waals surface area contributed by atoms with E-state index in [9.17, 15) is 0 Å². The zero-order valence-corrected chi connectivity index (χ0v) is 10.2. The maximum Gasteiger partial charge on any atom is 0.0590 e. The number of benzene rings is 1. The van der Waals surface area contributed by atoms with Gasteiger partial charge < -0.3 is 10.8 Å². The summed E-state index contributed by atoms with van der Waals surface area (Å²) in [5, 5.41) is 8.78. The smallest absolute Gasteiger partial charge is 0.0590 e. The molecule has 0 radical (unpaired) electrons. The van der Waals surface area contributed by atoms with Gasteiger partial charge in [-0.3, -0.25) is 0 Å². The normalized spacial score (nSPS) is 12.8. The second kappa shape index (κ2) is 6.16. The minimum Gasteiger partial charge on any atom is -0.395 e. The van der Waals surface area contributed by atoms with Crippen molar-refractivity contribution in [1.29, 1.82) is 0 Å².